The zero-order valence-corrected chi connectivity index (χ0v) is 20.8. The van der Waals surface area contributed by atoms with Crippen molar-refractivity contribution in [2.45, 2.75) is 88.6 Å². The predicted molar refractivity (Wildman–Crippen MR) is 124 cm³/mol. The minimum Gasteiger partial charge on any atom is -0.311 e. The first-order valence-electron chi connectivity index (χ1n) is 11.1. The molecule has 4 atom stereocenters. The van der Waals surface area contributed by atoms with Crippen molar-refractivity contribution < 1.29 is 13.1 Å². The molecule has 2 heterocycles. The van der Waals surface area contributed by atoms with Crippen LogP contribution in [0.25, 0.3) is 0 Å². The van der Waals surface area contributed by atoms with Crippen molar-refractivity contribution in [3.8, 4) is 0 Å². The standard InChI is InChI=1S/C21H35N5.CH3.2ClH.Mn/c1-3-10-20-18(8-1)22-12-13-23-19-9-2-4-11-21(19)25-15-17-7-5-6-16(26-17)14-24-20;;;;/h5-7,18-25H,1-4,8-15H2;1H3;2*1H;/q;-1;;;+2/p-2/t18-,19-,20-,21-;;;;/m0..../s1. The molecule has 2 fully saturated rings. The molecule has 0 saturated heterocycles. The van der Waals surface area contributed by atoms with Crippen LogP contribution in [0.5, 0.6) is 0 Å². The maximum Gasteiger partial charge on any atom is 0.0545 e. The van der Waals surface area contributed by atoms with Gasteiger partial charge in [0.05, 0.1) is 11.4 Å². The molecule has 30 heavy (non-hydrogen) atoms. The van der Waals surface area contributed by atoms with Gasteiger partial charge in [0.25, 0.3) is 0 Å². The van der Waals surface area contributed by atoms with E-state index in [0.29, 0.717) is 24.2 Å². The number of hydrogen-bond acceptors (Lipinski definition) is 5. The summed E-state index contributed by atoms with van der Waals surface area (Å²) in [5.41, 5.74) is 2.34. The van der Waals surface area contributed by atoms with E-state index in [9.17, 15) is 0 Å². The van der Waals surface area contributed by atoms with Crippen LogP contribution in [-0.4, -0.2) is 42.2 Å². The van der Waals surface area contributed by atoms with Gasteiger partial charge in [-0.2, -0.15) is 0 Å². The van der Waals surface area contributed by atoms with Crippen molar-refractivity contribution in [2.24, 2.45) is 0 Å². The van der Waals surface area contributed by atoms with Crippen molar-refractivity contribution in [3.05, 3.63) is 37.0 Å². The molecule has 173 valence electrons. The predicted octanol–water partition coefficient (Wildman–Crippen LogP) is 3.90. The molecule has 2 saturated carbocycles. The van der Waals surface area contributed by atoms with Crippen LogP contribution in [0.1, 0.15) is 62.8 Å². The third-order valence-electron chi connectivity index (χ3n) is 6.43. The van der Waals surface area contributed by atoms with Crippen LogP contribution in [0, 0.1) is 7.43 Å². The molecule has 5 nitrogen and oxygen atoms in total. The van der Waals surface area contributed by atoms with Gasteiger partial charge in [0.15, 0.2) is 0 Å². The number of rotatable bonds is 0. The number of hydrogen-bond donors (Lipinski definition) is 4. The number of aromatic nitrogens is 1. The van der Waals surface area contributed by atoms with Crippen LogP contribution in [0.2, 0.25) is 0 Å². The molecule has 4 rings (SSSR count). The largest absolute Gasteiger partial charge is 0.311 e. The van der Waals surface area contributed by atoms with Crippen molar-refractivity contribution in [1.82, 2.24) is 26.3 Å². The fourth-order valence-corrected chi connectivity index (χ4v) is 4.95. The summed E-state index contributed by atoms with van der Waals surface area (Å²) in [5, 5.41) is 15.2. The average molecular weight is 498 g/mol. The Kier molecular flexibility index (Phi) is 13.2. The van der Waals surface area contributed by atoms with Crippen LogP contribution < -0.4 is 21.3 Å². The molecular weight excluding hydrogens is 460 g/mol. The van der Waals surface area contributed by atoms with Gasteiger partial charge in [0, 0.05) is 50.3 Å². The van der Waals surface area contributed by atoms with Crippen molar-refractivity contribution in [1.29, 1.82) is 0 Å². The van der Waals surface area contributed by atoms with Gasteiger partial charge < -0.3 is 28.7 Å². The maximum absolute atomic E-state index is 4.89. The molecule has 3 aliphatic rings. The zero-order valence-electron chi connectivity index (χ0n) is 18.1. The van der Waals surface area contributed by atoms with E-state index in [1.54, 1.807) is 0 Å². The first-order valence-corrected chi connectivity index (χ1v) is 14.3. The van der Waals surface area contributed by atoms with Gasteiger partial charge >= 0.3 is 33.3 Å². The Morgan fingerprint density at radius 3 is 1.47 bits per heavy atom. The molecule has 0 amide bonds. The summed E-state index contributed by atoms with van der Waals surface area (Å²) in [6, 6.07) is 8.81. The Bertz CT molecular complexity index is 549. The molecule has 0 aromatic carbocycles. The molecule has 2 bridgehead atoms. The second-order valence-corrected chi connectivity index (χ2v) is 10.3. The second kappa shape index (κ2) is 15.0. The number of pyridine rings is 1. The maximum atomic E-state index is 4.89. The molecule has 0 spiro atoms. The summed E-state index contributed by atoms with van der Waals surface area (Å²) in [5.74, 6) is 0. The summed E-state index contributed by atoms with van der Waals surface area (Å²) in [7, 11) is 9.59. The topological polar surface area (TPSA) is 61.0 Å². The molecular formula is C22H38Cl2MnN5-. The Hall–Kier alpha value is 0.0895. The second-order valence-electron chi connectivity index (χ2n) is 8.34. The van der Waals surface area contributed by atoms with E-state index in [-0.39, 0.29) is 20.6 Å². The number of fused-ring (bicyclic) bond motifs is 4. The molecule has 1 aromatic heterocycles. The van der Waals surface area contributed by atoms with Gasteiger partial charge in [-0.15, -0.1) is 0 Å². The Balaban J connectivity index is 0.000000757. The molecule has 0 unspecified atom stereocenters. The summed E-state index contributed by atoms with van der Waals surface area (Å²) < 4.78 is 0. The van der Waals surface area contributed by atoms with E-state index in [0.717, 1.165) is 26.2 Å². The van der Waals surface area contributed by atoms with E-state index in [4.69, 9.17) is 25.2 Å². The number of nitrogens with zero attached hydrogens (tertiary/aromatic N) is 1. The molecule has 2 aliphatic carbocycles. The smallest absolute Gasteiger partial charge is 0.0545 e. The third kappa shape index (κ3) is 8.55. The van der Waals surface area contributed by atoms with Gasteiger partial charge in [-0.05, 0) is 37.8 Å². The fourth-order valence-electron chi connectivity index (χ4n) is 4.95. The Morgan fingerprint density at radius 1 is 0.700 bits per heavy atom. The third-order valence-corrected chi connectivity index (χ3v) is 6.43. The van der Waals surface area contributed by atoms with Crippen LogP contribution >= 0.6 is 20.2 Å². The van der Waals surface area contributed by atoms with Gasteiger partial charge in [-0.3, -0.25) is 4.98 Å². The molecule has 4 N–H and O–H groups in total. The van der Waals surface area contributed by atoms with E-state index in [1.165, 1.54) is 62.8 Å². The first-order chi connectivity index (χ1) is 14.3. The van der Waals surface area contributed by atoms with E-state index in [1.807, 2.05) is 0 Å². The van der Waals surface area contributed by atoms with Gasteiger partial charge in [-0.1, -0.05) is 31.7 Å². The molecule has 8 heteroatoms. The Morgan fingerprint density at radius 2 is 1.07 bits per heavy atom. The summed E-state index contributed by atoms with van der Waals surface area (Å²) in [6.45, 7) is 3.89. The van der Waals surface area contributed by atoms with Gasteiger partial charge in [-0.25, -0.2) is 0 Å². The van der Waals surface area contributed by atoms with Crippen LogP contribution in [-0.2, 0) is 26.2 Å². The normalized spacial score (nSPS) is 30.1. The summed E-state index contributed by atoms with van der Waals surface area (Å²) in [4.78, 5) is 4.89. The van der Waals surface area contributed by atoms with Crippen molar-refractivity contribution in [3.63, 3.8) is 0 Å². The van der Waals surface area contributed by atoms with E-state index >= 15 is 0 Å². The molecule has 1 aliphatic heterocycles. The zero-order chi connectivity index (χ0) is 20.3. The monoisotopic (exact) mass is 497 g/mol. The molecule has 0 radical (unpaired) electrons. The summed E-state index contributed by atoms with van der Waals surface area (Å²) in [6.07, 6.45) is 10.5. The fraction of sp³-hybridized carbons (Fsp3) is 0.727. The van der Waals surface area contributed by atoms with E-state index < -0.39 is 0 Å². The van der Waals surface area contributed by atoms with Crippen molar-refractivity contribution >= 4 is 20.2 Å². The number of nitrogens with one attached hydrogen (secondary N) is 4. The quantitative estimate of drug-likeness (QED) is 0.323. The number of halogens is 2. The minimum atomic E-state index is 0. The average Bonchev–Trinajstić information content (AvgIpc) is 2.76. The van der Waals surface area contributed by atoms with Crippen LogP contribution in [0.4, 0.5) is 0 Å². The SMILES string of the molecule is [CH3-].[Cl][Mn][Cl].c1cc2nc(c1)CN[C@H]1CCCC[C@@H]1NCCN[C@H]1CCCC[C@@H]1NC2. The van der Waals surface area contributed by atoms with Gasteiger partial charge in [0.2, 0.25) is 0 Å². The van der Waals surface area contributed by atoms with Gasteiger partial charge in [0.1, 0.15) is 0 Å². The van der Waals surface area contributed by atoms with Crippen molar-refractivity contribution in [2.75, 3.05) is 13.1 Å². The first kappa shape index (κ1) is 26.3. The van der Waals surface area contributed by atoms with Crippen LogP contribution in [0.15, 0.2) is 18.2 Å². The Labute approximate surface area is 197 Å². The van der Waals surface area contributed by atoms with Crippen LogP contribution in [0.3, 0.4) is 0 Å². The molecule has 1 aromatic rings. The van der Waals surface area contributed by atoms with E-state index in [2.05, 4.69) is 39.5 Å². The minimum absolute atomic E-state index is 0. The summed E-state index contributed by atoms with van der Waals surface area (Å²) >= 11 is 0.00694.